The molecule has 0 aromatic carbocycles. The number of methoxy groups -OCH3 is 1. The highest BCUT2D eigenvalue weighted by Crippen LogP contribution is 2.05. The van der Waals surface area contributed by atoms with Crippen molar-refractivity contribution in [2.24, 2.45) is 0 Å². The molecule has 0 unspecified atom stereocenters. The van der Waals surface area contributed by atoms with Gasteiger partial charge in [0.1, 0.15) is 0 Å². The Bertz CT molecular complexity index is 268. The molecular formula is C15H30N2O3. The largest absolute Gasteiger partial charge is 0.469 e. The molecule has 0 aliphatic heterocycles. The van der Waals surface area contributed by atoms with E-state index in [4.69, 9.17) is 0 Å². The SMILES string of the molecule is COC(=O)CCCCCCCNC(=O)CCCN(C)C. The standard InChI is InChI=1S/C15H30N2O3/c1-17(2)13-9-10-14(18)16-12-8-6-4-5-7-11-15(19)20-3/h4-13H2,1-3H3,(H,16,18). The summed E-state index contributed by atoms with van der Waals surface area (Å²) < 4.78 is 4.58. The molecule has 1 N–H and O–H groups in total. The summed E-state index contributed by atoms with van der Waals surface area (Å²) in [7, 11) is 5.44. The van der Waals surface area contributed by atoms with Gasteiger partial charge in [-0.25, -0.2) is 0 Å². The van der Waals surface area contributed by atoms with Gasteiger partial charge in [0.2, 0.25) is 5.91 Å². The van der Waals surface area contributed by atoms with E-state index in [-0.39, 0.29) is 11.9 Å². The van der Waals surface area contributed by atoms with Crippen LogP contribution in [0.25, 0.3) is 0 Å². The minimum absolute atomic E-state index is 0.130. The van der Waals surface area contributed by atoms with Crippen molar-refractivity contribution in [3.8, 4) is 0 Å². The van der Waals surface area contributed by atoms with Crippen molar-refractivity contribution in [1.29, 1.82) is 0 Å². The number of carbonyl (C=O) groups excluding carboxylic acids is 2. The lowest BCUT2D eigenvalue weighted by Crippen LogP contribution is -2.25. The number of hydrogen-bond donors (Lipinski definition) is 1. The number of unbranched alkanes of at least 4 members (excludes halogenated alkanes) is 4. The molecule has 0 atom stereocenters. The van der Waals surface area contributed by atoms with Crippen LogP contribution >= 0.6 is 0 Å². The predicted molar refractivity (Wildman–Crippen MR) is 80.5 cm³/mol. The van der Waals surface area contributed by atoms with Gasteiger partial charge in [-0.15, -0.1) is 0 Å². The molecule has 0 rings (SSSR count). The first kappa shape index (κ1) is 18.9. The lowest BCUT2D eigenvalue weighted by atomic mass is 10.1. The second-order valence-electron chi connectivity index (χ2n) is 5.35. The first-order valence-corrected chi connectivity index (χ1v) is 7.54. The average molecular weight is 286 g/mol. The molecular weight excluding hydrogens is 256 g/mol. The van der Waals surface area contributed by atoms with Crippen molar-refractivity contribution in [2.45, 2.75) is 51.4 Å². The molecule has 0 saturated heterocycles. The maximum Gasteiger partial charge on any atom is 0.305 e. The summed E-state index contributed by atoms with van der Waals surface area (Å²) in [5, 5.41) is 2.94. The zero-order chi connectivity index (χ0) is 15.2. The first-order valence-electron chi connectivity index (χ1n) is 7.54. The summed E-state index contributed by atoms with van der Waals surface area (Å²) in [6, 6.07) is 0. The Hall–Kier alpha value is -1.10. The second kappa shape index (κ2) is 12.9. The molecule has 0 spiro atoms. The molecule has 1 amide bonds. The third-order valence-electron chi connectivity index (χ3n) is 3.12. The van der Waals surface area contributed by atoms with Gasteiger partial charge in [0.15, 0.2) is 0 Å². The molecule has 0 bridgehead atoms. The van der Waals surface area contributed by atoms with Crippen LogP contribution in [0.1, 0.15) is 51.4 Å². The van der Waals surface area contributed by atoms with E-state index < -0.39 is 0 Å². The summed E-state index contributed by atoms with van der Waals surface area (Å²) in [5.74, 6) is 0.0209. The van der Waals surface area contributed by atoms with E-state index in [2.05, 4.69) is 15.0 Å². The topological polar surface area (TPSA) is 58.6 Å². The van der Waals surface area contributed by atoms with Gasteiger partial charge in [0.25, 0.3) is 0 Å². The van der Waals surface area contributed by atoms with E-state index in [0.717, 1.165) is 51.6 Å². The van der Waals surface area contributed by atoms with E-state index >= 15 is 0 Å². The molecule has 118 valence electrons. The molecule has 5 heteroatoms. The smallest absolute Gasteiger partial charge is 0.305 e. The van der Waals surface area contributed by atoms with Gasteiger partial charge in [0.05, 0.1) is 7.11 Å². The van der Waals surface area contributed by atoms with Crippen molar-refractivity contribution in [2.75, 3.05) is 34.3 Å². The van der Waals surface area contributed by atoms with Crippen LogP contribution in [0.5, 0.6) is 0 Å². The van der Waals surface area contributed by atoms with Gasteiger partial charge >= 0.3 is 5.97 Å². The van der Waals surface area contributed by atoms with Crippen LogP contribution in [0, 0.1) is 0 Å². The van der Waals surface area contributed by atoms with Crippen LogP contribution in [0.2, 0.25) is 0 Å². The molecule has 0 aliphatic carbocycles. The van der Waals surface area contributed by atoms with Crippen molar-refractivity contribution in [3.63, 3.8) is 0 Å². The van der Waals surface area contributed by atoms with Gasteiger partial charge < -0.3 is 15.0 Å². The molecule has 0 fully saturated rings. The van der Waals surface area contributed by atoms with Crippen molar-refractivity contribution in [1.82, 2.24) is 10.2 Å². The minimum Gasteiger partial charge on any atom is -0.469 e. The number of ether oxygens (including phenoxy) is 1. The van der Waals surface area contributed by atoms with E-state index in [0.29, 0.717) is 12.8 Å². The minimum atomic E-state index is -0.130. The number of nitrogens with one attached hydrogen (secondary N) is 1. The lowest BCUT2D eigenvalue weighted by molar-refractivity contribution is -0.140. The Kier molecular flexibility index (Phi) is 12.2. The normalized spacial score (nSPS) is 10.6. The van der Waals surface area contributed by atoms with Crippen LogP contribution in [0.15, 0.2) is 0 Å². The average Bonchev–Trinajstić information content (AvgIpc) is 2.40. The number of carbonyl (C=O) groups is 2. The molecule has 5 nitrogen and oxygen atoms in total. The fourth-order valence-electron chi connectivity index (χ4n) is 1.90. The fourth-order valence-corrected chi connectivity index (χ4v) is 1.90. The summed E-state index contributed by atoms with van der Waals surface area (Å²) in [6.07, 6.45) is 7.18. The Balaban J connectivity index is 3.23. The van der Waals surface area contributed by atoms with Crippen LogP contribution in [-0.4, -0.2) is 51.1 Å². The summed E-state index contributed by atoms with van der Waals surface area (Å²) >= 11 is 0. The molecule has 0 radical (unpaired) electrons. The third kappa shape index (κ3) is 13.3. The van der Waals surface area contributed by atoms with Crippen LogP contribution in [-0.2, 0) is 14.3 Å². The highest BCUT2D eigenvalue weighted by Gasteiger charge is 2.01. The van der Waals surface area contributed by atoms with Gasteiger partial charge in [-0.3, -0.25) is 9.59 Å². The molecule has 0 saturated carbocycles. The fraction of sp³-hybridized carbons (Fsp3) is 0.867. The highest BCUT2D eigenvalue weighted by molar-refractivity contribution is 5.75. The summed E-state index contributed by atoms with van der Waals surface area (Å²) in [4.78, 5) is 24.4. The third-order valence-corrected chi connectivity index (χ3v) is 3.12. The Morgan fingerprint density at radius 2 is 1.60 bits per heavy atom. The Labute approximate surface area is 123 Å². The number of amides is 1. The van der Waals surface area contributed by atoms with Gasteiger partial charge in [-0.05, 0) is 39.9 Å². The molecule has 0 aromatic rings. The Morgan fingerprint density at radius 1 is 0.950 bits per heavy atom. The zero-order valence-electron chi connectivity index (χ0n) is 13.2. The zero-order valence-corrected chi connectivity index (χ0v) is 13.2. The monoisotopic (exact) mass is 286 g/mol. The quantitative estimate of drug-likeness (QED) is 0.440. The van der Waals surface area contributed by atoms with E-state index in [1.807, 2.05) is 14.1 Å². The second-order valence-corrected chi connectivity index (χ2v) is 5.35. The number of nitrogens with zero attached hydrogens (tertiary/aromatic N) is 1. The van der Waals surface area contributed by atoms with Gasteiger partial charge in [-0.1, -0.05) is 19.3 Å². The maximum atomic E-state index is 11.5. The van der Waals surface area contributed by atoms with Crippen LogP contribution in [0.3, 0.4) is 0 Å². The van der Waals surface area contributed by atoms with Crippen LogP contribution < -0.4 is 5.32 Å². The maximum absolute atomic E-state index is 11.5. The van der Waals surface area contributed by atoms with E-state index in [1.54, 1.807) is 0 Å². The predicted octanol–water partition coefficient (Wildman–Crippen LogP) is 1.96. The molecule has 0 aliphatic rings. The van der Waals surface area contributed by atoms with Crippen molar-refractivity contribution < 1.29 is 14.3 Å². The molecule has 0 heterocycles. The molecule has 20 heavy (non-hydrogen) atoms. The summed E-state index contributed by atoms with van der Waals surface area (Å²) in [5.41, 5.74) is 0. The Morgan fingerprint density at radius 3 is 2.25 bits per heavy atom. The van der Waals surface area contributed by atoms with Crippen LogP contribution in [0.4, 0.5) is 0 Å². The summed E-state index contributed by atoms with van der Waals surface area (Å²) in [6.45, 7) is 1.71. The highest BCUT2D eigenvalue weighted by atomic mass is 16.5. The number of hydrogen-bond acceptors (Lipinski definition) is 4. The molecule has 0 aromatic heterocycles. The van der Waals surface area contributed by atoms with E-state index in [1.165, 1.54) is 7.11 Å². The number of esters is 1. The van der Waals surface area contributed by atoms with E-state index in [9.17, 15) is 9.59 Å². The van der Waals surface area contributed by atoms with Gasteiger partial charge in [-0.2, -0.15) is 0 Å². The van der Waals surface area contributed by atoms with Crippen molar-refractivity contribution in [3.05, 3.63) is 0 Å². The first-order chi connectivity index (χ1) is 9.56. The van der Waals surface area contributed by atoms with Crippen molar-refractivity contribution >= 4 is 11.9 Å². The van der Waals surface area contributed by atoms with Gasteiger partial charge in [0, 0.05) is 19.4 Å². The number of rotatable bonds is 12. The lowest BCUT2D eigenvalue weighted by Gasteiger charge is -2.09.